The van der Waals surface area contributed by atoms with Crippen LogP contribution in [0.15, 0.2) is 0 Å². The van der Waals surface area contributed by atoms with Gasteiger partial charge in [-0.3, -0.25) is 0 Å². The Labute approximate surface area is 101 Å². The summed E-state index contributed by atoms with van der Waals surface area (Å²) in [5.41, 5.74) is 0. The summed E-state index contributed by atoms with van der Waals surface area (Å²) < 4.78 is 21.6. The topological polar surface area (TPSA) is 54.0 Å². The van der Waals surface area contributed by atoms with Crippen molar-refractivity contribution in [2.75, 3.05) is 26.4 Å². The number of carbonyl (C=O) groups excluding carboxylic acids is 1. The van der Waals surface area contributed by atoms with Crippen LogP contribution in [0.1, 0.15) is 27.7 Å². The van der Waals surface area contributed by atoms with Gasteiger partial charge in [-0.1, -0.05) is 0 Å². The van der Waals surface area contributed by atoms with Crippen LogP contribution in [-0.2, 0) is 20.8 Å². The Balaban J connectivity index is 4.51. The maximum atomic E-state index is 11.5. The Bertz CT molecular complexity index is 181. The van der Waals surface area contributed by atoms with E-state index >= 15 is 0 Å². The van der Waals surface area contributed by atoms with Crippen LogP contribution in [0, 0.1) is 0 Å². The fraction of sp³-hybridized carbons (Fsp3) is 0.900. The summed E-state index contributed by atoms with van der Waals surface area (Å²) >= 11 is -3.42. The van der Waals surface area contributed by atoms with Crippen LogP contribution < -0.4 is 0 Å². The number of rotatable bonds is 9. The third-order valence-electron chi connectivity index (χ3n) is 1.76. The second-order valence-corrected chi connectivity index (χ2v) is 8.39. The summed E-state index contributed by atoms with van der Waals surface area (Å²) in [4.78, 5) is 11.5. The zero-order chi connectivity index (χ0) is 12.4. The minimum atomic E-state index is -3.42. The molecular weight excluding hydrogens is 273 g/mol. The molecule has 0 saturated heterocycles. The van der Waals surface area contributed by atoms with Crippen molar-refractivity contribution < 1.29 is 20.8 Å². The van der Waals surface area contributed by atoms with E-state index in [9.17, 15) is 4.79 Å². The number of hydrogen-bond acceptors (Lipinski definition) is 5. The van der Waals surface area contributed by atoms with Crippen molar-refractivity contribution in [1.82, 2.24) is 0 Å². The molecule has 0 aliphatic heterocycles. The molecule has 0 unspecified atom stereocenters. The van der Waals surface area contributed by atoms with Gasteiger partial charge in [0.2, 0.25) is 0 Å². The summed E-state index contributed by atoms with van der Waals surface area (Å²) in [6.07, 6.45) is 0. The van der Waals surface area contributed by atoms with E-state index in [1.165, 1.54) is 0 Å². The molecule has 0 atom stereocenters. The fourth-order valence-corrected chi connectivity index (χ4v) is 6.22. The third kappa shape index (κ3) is 5.84. The molecule has 0 bridgehead atoms. The Kier molecular flexibility index (Phi) is 8.92. The molecule has 0 radical (unpaired) electrons. The molecule has 6 heteroatoms. The molecule has 0 amide bonds. The first kappa shape index (κ1) is 15.9. The monoisotopic (exact) mass is 296 g/mol. The molecule has 0 spiro atoms. The summed E-state index contributed by atoms with van der Waals surface area (Å²) in [5, 5.41) is 0.128. The summed E-state index contributed by atoms with van der Waals surface area (Å²) in [5.74, 6) is -0.308. The van der Waals surface area contributed by atoms with Crippen molar-refractivity contribution in [3.63, 3.8) is 0 Å². The summed E-state index contributed by atoms with van der Waals surface area (Å²) in [6.45, 7) is 9.18. The van der Waals surface area contributed by atoms with Crippen LogP contribution >= 0.6 is 0 Å². The van der Waals surface area contributed by atoms with Crippen molar-refractivity contribution in [3.05, 3.63) is 0 Å². The van der Waals surface area contributed by atoms with Crippen LogP contribution in [0.3, 0.4) is 0 Å². The van der Waals surface area contributed by atoms with Gasteiger partial charge >= 0.3 is 100 Å². The molecule has 0 heterocycles. The van der Waals surface area contributed by atoms with E-state index in [-0.39, 0.29) is 11.2 Å². The molecule has 0 rings (SSSR count). The van der Waals surface area contributed by atoms with E-state index < -0.39 is 14.3 Å². The molecule has 0 aliphatic carbocycles. The molecule has 5 nitrogen and oxygen atoms in total. The number of esters is 1. The SMILES string of the molecule is CCOC(=O)[CH2][Ge]([O]CC)([O]CC)[O]CC. The van der Waals surface area contributed by atoms with Crippen LogP contribution in [0.4, 0.5) is 0 Å². The second kappa shape index (κ2) is 8.98. The first-order valence-electron chi connectivity index (χ1n) is 5.71. The predicted octanol–water partition coefficient (Wildman–Crippen LogP) is 1.60. The molecule has 0 fully saturated rings. The third-order valence-corrected chi connectivity index (χ3v) is 7.86. The van der Waals surface area contributed by atoms with Crippen molar-refractivity contribution in [1.29, 1.82) is 0 Å². The molecular formula is C10H22GeO5. The van der Waals surface area contributed by atoms with E-state index in [1.54, 1.807) is 6.92 Å². The standard InChI is InChI=1S/C10H22GeO5/c1-5-13-10(12)9-11(14-6-2,15-7-3)16-8-4/h5-9H2,1-4H3. The molecule has 0 aromatic rings. The average molecular weight is 295 g/mol. The molecule has 0 aromatic heterocycles. The molecule has 0 saturated carbocycles. The Morgan fingerprint density at radius 3 is 1.62 bits per heavy atom. The van der Waals surface area contributed by atoms with Crippen molar-refractivity contribution in [3.8, 4) is 0 Å². The van der Waals surface area contributed by atoms with Crippen LogP contribution in [0.25, 0.3) is 0 Å². The Morgan fingerprint density at radius 1 is 0.875 bits per heavy atom. The predicted molar refractivity (Wildman–Crippen MR) is 62.1 cm³/mol. The van der Waals surface area contributed by atoms with Crippen molar-refractivity contribution >= 4 is 20.2 Å². The van der Waals surface area contributed by atoms with Crippen LogP contribution in [0.2, 0.25) is 5.25 Å². The molecule has 0 aliphatic rings. The van der Waals surface area contributed by atoms with Gasteiger partial charge < -0.3 is 0 Å². The maximum absolute atomic E-state index is 11.5. The summed E-state index contributed by atoms with van der Waals surface area (Å²) in [7, 11) is 0. The van der Waals surface area contributed by atoms with E-state index in [1.807, 2.05) is 20.8 Å². The number of hydrogen-bond donors (Lipinski definition) is 0. The molecule has 0 aromatic carbocycles. The number of carbonyl (C=O) groups is 1. The van der Waals surface area contributed by atoms with Gasteiger partial charge in [0.05, 0.1) is 0 Å². The Morgan fingerprint density at radius 2 is 1.31 bits per heavy atom. The van der Waals surface area contributed by atoms with Gasteiger partial charge in [0, 0.05) is 0 Å². The first-order chi connectivity index (χ1) is 7.64. The zero-order valence-corrected chi connectivity index (χ0v) is 12.7. The van der Waals surface area contributed by atoms with E-state index in [4.69, 9.17) is 16.0 Å². The normalized spacial score (nSPS) is 11.5. The van der Waals surface area contributed by atoms with Gasteiger partial charge in [-0.2, -0.15) is 0 Å². The van der Waals surface area contributed by atoms with Gasteiger partial charge in [-0.05, 0) is 0 Å². The van der Waals surface area contributed by atoms with Crippen molar-refractivity contribution in [2.45, 2.75) is 32.9 Å². The van der Waals surface area contributed by atoms with E-state index in [0.717, 1.165) is 0 Å². The van der Waals surface area contributed by atoms with Gasteiger partial charge in [0.25, 0.3) is 0 Å². The van der Waals surface area contributed by atoms with Crippen LogP contribution in [0.5, 0.6) is 0 Å². The van der Waals surface area contributed by atoms with E-state index in [2.05, 4.69) is 0 Å². The van der Waals surface area contributed by atoms with Gasteiger partial charge in [0.1, 0.15) is 0 Å². The minimum absolute atomic E-state index is 0.128. The quantitative estimate of drug-likeness (QED) is 0.477. The first-order valence-corrected chi connectivity index (χ1v) is 9.76. The average Bonchev–Trinajstić information content (AvgIpc) is 2.18. The summed E-state index contributed by atoms with van der Waals surface area (Å²) in [6, 6.07) is 0. The fourth-order valence-electron chi connectivity index (χ4n) is 1.33. The molecule has 16 heavy (non-hydrogen) atoms. The Hall–Kier alpha value is -0.107. The molecule has 96 valence electrons. The second-order valence-electron chi connectivity index (χ2n) is 2.96. The number of ether oxygens (including phenoxy) is 1. The zero-order valence-electron chi connectivity index (χ0n) is 10.6. The van der Waals surface area contributed by atoms with Crippen LogP contribution in [-0.4, -0.2) is 46.7 Å². The molecule has 0 N–H and O–H groups in total. The van der Waals surface area contributed by atoms with Gasteiger partial charge in [-0.15, -0.1) is 0 Å². The van der Waals surface area contributed by atoms with Gasteiger partial charge in [-0.25, -0.2) is 0 Å². The van der Waals surface area contributed by atoms with E-state index in [0.29, 0.717) is 26.4 Å². The van der Waals surface area contributed by atoms with Gasteiger partial charge in [0.15, 0.2) is 0 Å². The van der Waals surface area contributed by atoms with Crippen molar-refractivity contribution in [2.24, 2.45) is 0 Å².